The zero-order valence-electron chi connectivity index (χ0n) is 33.5. The van der Waals surface area contributed by atoms with Gasteiger partial charge in [0.15, 0.2) is 0 Å². The van der Waals surface area contributed by atoms with Crippen LogP contribution in [0, 0.1) is 0 Å². The number of unbranched alkanes of at least 4 members (excludes halogenated alkanes) is 2. The van der Waals surface area contributed by atoms with Crippen molar-refractivity contribution in [1.82, 2.24) is 40.3 Å². The van der Waals surface area contributed by atoms with Crippen LogP contribution >= 0.6 is 0 Å². The second-order valence-electron chi connectivity index (χ2n) is 14.6. The summed E-state index contributed by atoms with van der Waals surface area (Å²) in [6.45, 7) is 0.498. The van der Waals surface area contributed by atoms with Gasteiger partial charge in [0.1, 0.15) is 42.6 Å². The summed E-state index contributed by atoms with van der Waals surface area (Å²) in [5.41, 5.74) is 6.93. The van der Waals surface area contributed by atoms with Crippen LogP contribution in [0.5, 0.6) is 0 Å². The molecule has 0 fully saturated rings. The lowest BCUT2D eigenvalue weighted by atomic mass is 9.93. The monoisotopic (exact) mass is 789 g/mol. The molecule has 59 heavy (non-hydrogen) atoms. The second kappa shape index (κ2) is 18.4. The number of nitrogens with one attached hydrogen (secondary N) is 2. The Kier molecular flexibility index (Phi) is 12.4. The van der Waals surface area contributed by atoms with Crippen molar-refractivity contribution in [2.75, 3.05) is 45.0 Å². The van der Waals surface area contributed by atoms with E-state index in [1.165, 1.54) is 6.20 Å². The fourth-order valence-electron chi connectivity index (χ4n) is 6.58. The van der Waals surface area contributed by atoms with Gasteiger partial charge in [-0.05, 0) is 73.0 Å². The molecule has 2 N–H and O–H groups in total. The zero-order valence-corrected chi connectivity index (χ0v) is 33.5. The van der Waals surface area contributed by atoms with Crippen LogP contribution in [0.15, 0.2) is 108 Å². The Bertz CT molecular complexity index is 2620. The number of anilines is 2. The number of nitrogens with zero attached hydrogens (tertiary/aromatic N) is 8. The van der Waals surface area contributed by atoms with Crippen LogP contribution in [0.4, 0.5) is 11.4 Å². The number of fused-ring (bicyclic) bond motifs is 2. The number of hydrogen-bond acceptors (Lipinski definition) is 11. The summed E-state index contributed by atoms with van der Waals surface area (Å²) in [5, 5.41) is 24.1. The van der Waals surface area contributed by atoms with Crippen molar-refractivity contribution in [2.24, 2.45) is 0 Å². The first-order chi connectivity index (χ1) is 28.6. The van der Waals surface area contributed by atoms with Gasteiger partial charge in [-0.3, -0.25) is 24.4 Å². The SMILES string of the molecule is CN(C)c1ccc2c(-c3ccc(C(=O)NCCCCCC(=O)CCC(=O)Nc4ccc(-c5nnc(-c6ccccn6)nn5)nc4)cc3)c3ccc(=[N+](C)C)cc-3oc2c1. The average Bonchev–Trinajstić information content (AvgIpc) is 3.26. The van der Waals surface area contributed by atoms with Gasteiger partial charge in [-0.1, -0.05) is 24.6 Å². The molecule has 5 aromatic rings. The van der Waals surface area contributed by atoms with Crippen molar-refractivity contribution in [3.8, 4) is 45.5 Å². The van der Waals surface area contributed by atoms with E-state index in [0.29, 0.717) is 47.8 Å². The number of pyridine rings is 2. The maximum atomic E-state index is 13.0. The molecule has 7 rings (SSSR count). The largest absolute Gasteiger partial charge is 0.456 e. The minimum absolute atomic E-state index is 0.0213. The molecule has 0 bridgehead atoms. The van der Waals surface area contributed by atoms with Crippen molar-refractivity contribution in [2.45, 2.75) is 38.5 Å². The summed E-state index contributed by atoms with van der Waals surface area (Å²) in [5.74, 6) is 0.924. The maximum absolute atomic E-state index is 13.0. The lowest BCUT2D eigenvalue weighted by Gasteiger charge is -2.18. The third-order valence-corrected chi connectivity index (χ3v) is 9.86. The Hall–Kier alpha value is -7.22. The quantitative estimate of drug-likeness (QED) is 0.0680. The molecule has 0 spiro atoms. The molecular formula is C45H45N10O4+. The van der Waals surface area contributed by atoms with Gasteiger partial charge in [-0.25, -0.2) is 4.58 Å². The molecule has 2 aromatic carbocycles. The molecule has 0 unspecified atom stereocenters. The fraction of sp³-hybridized carbons (Fsp3) is 0.244. The normalized spacial score (nSPS) is 11.1. The Labute approximate surface area is 341 Å². The Morgan fingerprint density at radius 2 is 1.51 bits per heavy atom. The van der Waals surface area contributed by atoms with Crippen LogP contribution < -0.4 is 25.5 Å². The summed E-state index contributed by atoms with van der Waals surface area (Å²) < 4.78 is 8.49. The first-order valence-electron chi connectivity index (χ1n) is 19.5. The number of carbonyl (C=O) groups excluding carboxylic acids is 3. The topological polar surface area (TPSA) is 172 Å². The number of carbonyl (C=O) groups is 3. The molecule has 4 heterocycles. The minimum Gasteiger partial charge on any atom is -0.456 e. The highest BCUT2D eigenvalue weighted by Gasteiger charge is 2.19. The third-order valence-electron chi connectivity index (χ3n) is 9.86. The number of rotatable bonds is 15. The van der Waals surface area contributed by atoms with E-state index < -0.39 is 0 Å². The van der Waals surface area contributed by atoms with Crippen LogP contribution in [0.3, 0.4) is 0 Å². The van der Waals surface area contributed by atoms with Gasteiger partial charge in [-0.2, -0.15) is 0 Å². The van der Waals surface area contributed by atoms with E-state index in [2.05, 4.69) is 77.4 Å². The summed E-state index contributed by atoms with van der Waals surface area (Å²) in [4.78, 5) is 48.6. The van der Waals surface area contributed by atoms with Crippen molar-refractivity contribution in [3.63, 3.8) is 0 Å². The van der Waals surface area contributed by atoms with Crippen LogP contribution in [-0.4, -0.2) is 82.7 Å². The average molecular weight is 790 g/mol. The van der Waals surface area contributed by atoms with Crippen LogP contribution in [0.2, 0.25) is 0 Å². The van der Waals surface area contributed by atoms with Gasteiger partial charge in [0.05, 0.1) is 18.0 Å². The molecule has 298 valence electrons. The first kappa shape index (κ1) is 40.0. The predicted octanol–water partition coefficient (Wildman–Crippen LogP) is 6.28. The predicted molar refractivity (Wildman–Crippen MR) is 227 cm³/mol. The summed E-state index contributed by atoms with van der Waals surface area (Å²) in [7, 11) is 8.02. The maximum Gasteiger partial charge on any atom is 0.251 e. The number of hydrogen-bond donors (Lipinski definition) is 2. The van der Waals surface area contributed by atoms with Gasteiger partial charge < -0.3 is 20.0 Å². The Balaban J connectivity index is 0.839. The van der Waals surface area contributed by atoms with E-state index >= 15 is 0 Å². The van der Waals surface area contributed by atoms with E-state index in [1.807, 2.05) is 68.0 Å². The van der Waals surface area contributed by atoms with Crippen molar-refractivity contribution in [1.29, 1.82) is 0 Å². The van der Waals surface area contributed by atoms with Gasteiger partial charge in [0.25, 0.3) is 5.91 Å². The number of amides is 2. The highest BCUT2D eigenvalue weighted by atomic mass is 16.3. The summed E-state index contributed by atoms with van der Waals surface area (Å²) >= 11 is 0. The van der Waals surface area contributed by atoms with E-state index in [1.54, 1.807) is 30.5 Å². The lowest BCUT2D eigenvalue weighted by molar-refractivity contribution is -0.123. The number of Topliss-reactive ketones (excluding diaryl/α,β-unsaturated/α-hetero) is 1. The Morgan fingerprint density at radius 1 is 0.746 bits per heavy atom. The highest BCUT2D eigenvalue weighted by molar-refractivity contribution is 6.03. The lowest BCUT2D eigenvalue weighted by Crippen LogP contribution is -2.24. The third kappa shape index (κ3) is 9.85. The fourth-order valence-corrected chi connectivity index (χ4v) is 6.58. The summed E-state index contributed by atoms with van der Waals surface area (Å²) in [6.07, 6.45) is 5.92. The van der Waals surface area contributed by atoms with Gasteiger partial charge in [0, 0.05) is 86.0 Å². The number of aromatic nitrogens is 6. The van der Waals surface area contributed by atoms with Crippen LogP contribution in [-0.2, 0) is 9.59 Å². The second-order valence-corrected chi connectivity index (χ2v) is 14.6. The Morgan fingerprint density at radius 3 is 2.19 bits per heavy atom. The van der Waals surface area contributed by atoms with Crippen molar-refractivity contribution in [3.05, 3.63) is 114 Å². The molecule has 2 aliphatic rings. The van der Waals surface area contributed by atoms with Crippen molar-refractivity contribution >= 4 is 39.9 Å². The van der Waals surface area contributed by atoms with Crippen molar-refractivity contribution < 1.29 is 18.8 Å². The van der Waals surface area contributed by atoms with Crippen LogP contribution in [0.25, 0.3) is 56.5 Å². The van der Waals surface area contributed by atoms with Gasteiger partial charge in [-0.15, -0.1) is 20.4 Å². The first-order valence-corrected chi connectivity index (χ1v) is 19.5. The van der Waals surface area contributed by atoms with E-state index in [-0.39, 0.29) is 36.3 Å². The van der Waals surface area contributed by atoms with Crippen LogP contribution in [0.1, 0.15) is 48.9 Å². The molecule has 3 aromatic heterocycles. The molecule has 14 heteroatoms. The minimum atomic E-state index is -0.277. The highest BCUT2D eigenvalue weighted by Crippen LogP contribution is 2.40. The molecule has 2 amide bonds. The molecule has 0 atom stereocenters. The number of benzene rings is 3. The number of ketones is 1. The molecule has 0 saturated carbocycles. The molecule has 14 nitrogen and oxygen atoms in total. The molecule has 1 aliphatic heterocycles. The standard InChI is InChI=1S/C45H44N10O4/c1-54(2)32-17-20-35-39(26-32)59-40-27-33(55(3)4)18-21-36(40)42(35)29-12-14-30(15-13-29)45(58)47-25-8-5-6-10-34(56)19-23-41(57)49-31-16-22-38(48-28-31)44-52-50-43(51-53-44)37-11-7-9-24-46-37/h7,9,11-18,20-22,24,26-28H,5-6,8,10,19,23,25H2,1-4H3,(H-,46,47,49,52,53,57,58)/p+1. The zero-order chi connectivity index (χ0) is 41.3. The van der Waals surface area contributed by atoms with E-state index in [9.17, 15) is 14.4 Å². The summed E-state index contributed by atoms with van der Waals surface area (Å²) in [6, 6.07) is 28.8. The van der Waals surface area contributed by atoms with E-state index in [0.717, 1.165) is 57.3 Å². The molecule has 0 radical (unpaired) electrons. The smallest absolute Gasteiger partial charge is 0.251 e. The molecular weight excluding hydrogens is 745 g/mol. The van der Waals surface area contributed by atoms with Gasteiger partial charge in [0.2, 0.25) is 22.9 Å². The molecule has 0 saturated heterocycles. The van der Waals surface area contributed by atoms with Gasteiger partial charge >= 0.3 is 0 Å². The molecule has 1 aliphatic carbocycles. The van der Waals surface area contributed by atoms with E-state index in [4.69, 9.17) is 4.42 Å².